The number of hydrogen-bond acceptors (Lipinski definition) is 5. The van der Waals surface area contributed by atoms with Gasteiger partial charge in [0.2, 0.25) is 0 Å². The predicted molar refractivity (Wildman–Crippen MR) is 100 cm³/mol. The van der Waals surface area contributed by atoms with Gasteiger partial charge in [0, 0.05) is 0 Å². The SMILES string of the molecule is COC(=O)CN(c1cc(C)cc(C)c1)S(=O)(=O)c1ccc(OC)c(Cl)c1. The highest BCUT2D eigenvalue weighted by Gasteiger charge is 2.28. The number of anilines is 1. The third-order valence-corrected chi connectivity index (χ3v) is 5.77. The number of carbonyl (C=O) groups is 1. The largest absolute Gasteiger partial charge is 0.495 e. The van der Waals surface area contributed by atoms with Crippen LogP contribution in [-0.4, -0.2) is 35.2 Å². The summed E-state index contributed by atoms with van der Waals surface area (Å²) < 4.78 is 37.1. The van der Waals surface area contributed by atoms with Crippen LogP contribution in [0.1, 0.15) is 11.1 Å². The second-order valence-corrected chi connectivity index (χ2v) is 8.00. The van der Waals surface area contributed by atoms with Crippen LogP contribution in [0.4, 0.5) is 5.69 Å². The van der Waals surface area contributed by atoms with Gasteiger partial charge in [0.25, 0.3) is 10.0 Å². The summed E-state index contributed by atoms with van der Waals surface area (Å²) in [5.74, 6) is -0.316. The third-order valence-electron chi connectivity index (χ3n) is 3.71. The van der Waals surface area contributed by atoms with Crippen LogP contribution < -0.4 is 9.04 Å². The fourth-order valence-electron chi connectivity index (χ4n) is 2.53. The fourth-order valence-corrected chi connectivity index (χ4v) is 4.27. The molecule has 6 nitrogen and oxygen atoms in total. The molecule has 0 N–H and O–H groups in total. The molecule has 0 saturated carbocycles. The molecular formula is C18H20ClNO5S. The van der Waals surface area contributed by atoms with Crippen molar-refractivity contribution in [1.29, 1.82) is 0 Å². The van der Waals surface area contributed by atoms with Gasteiger partial charge in [0.1, 0.15) is 12.3 Å². The molecule has 26 heavy (non-hydrogen) atoms. The van der Waals surface area contributed by atoms with Gasteiger partial charge in [0.15, 0.2) is 0 Å². The summed E-state index contributed by atoms with van der Waals surface area (Å²) in [6, 6.07) is 9.44. The Bertz CT molecular complexity index is 907. The summed E-state index contributed by atoms with van der Waals surface area (Å²) in [6.45, 7) is 3.25. The first-order chi connectivity index (χ1) is 12.2. The first-order valence-corrected chi connectivity index (χ1v) is 9.52. The highest BCUT2D eigenvalue weighted by Crippen LogP contribution is 2.31. The van der Waals surface area contributed by atoms with E-state index in [0.29, 0.717) is 11.4 Å². The molecule has 140 valence electrons. The molecule has 0 unspecified atom stereocenters. The number of benzene rings is 2. The molecule has 0 aliphatic rings. The van der Waals surface area contributed by atoms with Crippen molar-refractivity contribution in [3.05, 3.63) is 52.5 Å². The van der Waals surface area contributed by atoms with E-state index in [1.54, 1.807) is 12.1 Å². The summed E-state index contributed by atoms with van der Waals surface area (Å²) in [5.41, 5.74) is 2.12. The number of carbonyl (C=O) groups excluding carboxylic acids is 1. The molecule has 8 heteroatoms. The van der Waals surface area contributed by atoms with Crippen LogP contribution in [0.15, 0.2) is 41.3 Å². The quantitative estimate of drug-likeness (QED) is 0.699. The number of rotatable bonds is 6. The van der Waals surface area contributed by atoms with Gasteiger partial charge >= 0.3 is 5.97 Å². The maximum atomic E-state index is 13.2. The van der Waals surface area contributed by atoms with Gasteiger partial charge in [-0.05, 0) is 55.3 Å². The van der Waals surface area contributed by atoms with Gasteiger partial charge in [-0.2, -0.15) is 0 Å². The van der Waals surface area contributed by atoms with E-state index in [9.17, 15) is 13.2 Å². The smallest absolute Gasteiger partial charge is 0.326 e. The molecular weight excluding hydrogens is 378 g/mol. The topological polar surface area (TPSA) is 72.9 Å². The van der Waals surface area contributed by atoms with Crippen LogP contribution in [0.3, 0.4) is 0 Å². The molecule has 2 aromatic rings. The van der Waals surface area contributed by atoms with Gasteiger partial charge in [-0.1, -0.05) is 17.7 Å². The van der Waals surface area contributed by atoms with Crippen LogP contribution in [0.25, 0.3) is 0 Å². The lowest BCUT2D eigenvalue weighted by molar-refractivity contribution is -0.138. The average Bonchev–Trinajstić information content (AvgIpc) is 2.58. The van der Waals surface area contributed by atoms with Crippen molar-refractivity contribution in [2.45, 2.75) is 18.7 Å². The van der Waals surface area contributed by atoms with Crippen LogP contribution in [0.5, 0.6) is 5.75 Å². The van der Waals surface area contributed by atoms with E-state index in [0.717, 1.165) is 15.4 Å². The molecule has 0 fully saturated rings. The van der Waals surface area contributed by atoms with Gasteiger partial charge in [-0.15, -0.1) is 0 Å². The normalized spacial score (nSPS) is 11.1. The van der Waals surface area contributed by atoms with Crippen molar-refractivity contribution < 1.29 is 22.7 Å². The van der Waals surface area contributed by atoms with E-state index in [4.69, 9.17) is 16.3 Å². The maximum absolute atomic E-state index is 13.2. The van der Waals surface area contributed by atoms with Crippen LogP contribution in [-0.2, 0) is 19.6 Å². The number of aryl methyl sites for hydroxylation is 2. The molecule has 2 rings (SSSR count). The Morgan fingerprint density at radius 3 is 2.19 bits per heavy atom. The average molecular weight is 398 g/mol. The number of halogens is 1. The summed E-state index contributed by atoms with van der Waals surface area (Å²) in [5, 5.41) is 0.159. The lowest BCUT2D eigenvalue weighted by Crippen LogP contribution is -2.36. The molecule has 0 aliphatic heterocycles. The second kappa shape index (κ2) is 7.97. The van der Waals surface area contributed by atoms with E-state index >= 15 is 0 Å². The second-order valence-electron chi connectivity index (χ2n) is 5.73. The Kier molecular flexibility index (Phi) is 6.15. The first kappa shape index (κ1) is 20.1. The summed E-state index contributed by atoms with van der Waals surface area (Å²) in [4.78, 5) is 11.8. The lowest BCUT2D eigenvalue weighted by atomic mass is 10.1. The van der Waals surface area contributed by atoms with E-state index in [1.165, 1.54) is 32.4 Å². The van der Waals surface area contributed by atoms with Gasteiger partial charge in [-0.25, -0.2) is 8.42 Å². The zero-order chi connectivity index (χ0) is 19.5. The van der Waals surface area contributed by atoms with Crippen molar-refractivity contribution in [3.63, 3.8) is 0 Å². The fraction of sp³-hybridized carbons (Fsp3) is 0.278. The molecule has 0 heterocycles. The molecule has 0 spiro atoms. The molecule has 0 bridgehead atoms. The third kappa shape index (κ3) is 4.28. The van der Waals surface area contributed by atoms with Crippen molar-refractivity contribution in [3.8, 4) is 5.75 Å². The Morgan fingerprint density at radius 1 is 1.08 bits per heavy atom. The minimum atomic E-state index is -4.05. The number of sulfonamides is 1. The monoisotopic (exact) mass is 397 g/mol. The van der Waals surface area contributed by atoms with E-state index < -0.39 is 22.5 Å². The lowest BCUT2D eigenvalue weighted by Gasteiger charge is -2.24. The summed E-state index contributed by atoms with van der Waals surface area (Å²) in [6.07, 6.45) is 0. The highest BCUT2D eigenvalue weighted by molar-refractivity contribution is 7.92. The van der Waals surface area contributed by atoms with E-state index in [2.05, 4.69) is 4.74 Å². The van der Waals surface area contributed by atoms with Crippen molar-refractivity contribution >= 4 is 33.3 Å². The number of esters is 1. The summed E-state index contributed by atoms with van der Waals surface area (Å²) in [7, 11) is -1.40. The number of hydrogen-bond donors (Lipinski definition) is 0. The zero-order valence-corrected chi connectivity index (χ0v) is 16.5. The predicted octanol–water partition coefficient (Wildman–Crippen LogP) is 3.33. The van der Waals surface area contributed by atoms with Crippen molar-refractivity contribution in [2.24, 2.45) is 0 Å². The Balaban J connectivity index is 2.59. The van der Waals surface area contributed by atoms with Crippen LogP contribution >= 0.6 is 11.6 Å². The Morgan fingerprint density at radius 2 is 1.69 bits per heavy atom. The number of nitrogens with zero attached hydrogens (tertiary/aromatic N) is 1. The maximum Gasteiger partial charge on any atom is 0.326 e. The highest BCUT2D eigenvalue weighted by atomic mass is 35.5. The molecule has 0 amide bonds. The molecule has 0 aromatic heterocycles. The molecule has 0 atom stereocenters. The van der Waals surface area contributed by atoms with Crippen LogP contribution in [0, 0.1) is 13.8 Å². The summed E-state index contributed by atoms with van der Waals surface area (Å²) >= 11 is 6.07. The van der Waals surface area contributed by atoms with Gasteiger partial charge in [0.05, 0.1) is 29.8 Å². The molecule has 0 radical (unpaired) electrons. The molecule has 0 saturated heterocycles. The van der Waals surface area contributed by atoms with Crippen molar-refractivity contribution in [2.75, 3.05) is 25.1 Å². The van der Waals surface area contributed by atoms with E-state index in [1.807, 2.05) is 19.9 Å². The number of methoxy groups -OCH3 is 2. The van der Waals surface area contributed by atoms with E-state index in [-0.39, 0.29) is 9.92 Å². The Hall–Kier alpha value is -2.25. The first-order valence-electron chi connectivity index (χ1n) is 7.70. The van der Waals surface area contributed by atoms with Gasteiger partial charge in [-0.3, -0.25) is 9.10 Å². The number of ether oxygens (including phenoxy) is 2. The molecule has 2 aromatic carbocycles. The van der Waals surface area contributed by atoms with Gasteiger partial charge < -0.3 is 9.47 Å². The standard InChI is InChI=1S/C18H20ClNO5S/c1-12-7-13(2)9-14(8-12)20(11-18(21)25-4)26(22,23)15-5-6-17(24-3)16(19)10-15/h5-10H,11H2,1-4H3. The van der Waals surface area contributed by atoms with Crippen molar-refractivity contribution in [1.82, 2.24) is 0 Å². The Labute approximate surface area is 158 Å². The minimum absolute atomic E-state index is 0.0497. The van der Waals surface area contributed by atoms with Crippen LogP contribution in [0.2, 0.25) is 5.02 Å². The molecule has 0 aliphatic carbocycles. The zero-order valence-electron chi connectivity index (χ0n) is 14.9. The minimum Gasteiger partial charge on any atom is -0.495 e.